The maximum atomic E-state index is 5.73. The van der Waals surface area contributed by atoms with Gasteiger partial charge in [-0.05, 0) is 6.42 Å². The Labute approximate surface area is 89.7 Å². The zero-order chi connectivity index (χ0) is 8.69. The summed E-state index contributed by atoms with van der Waals surface area (Å²) in [6.45, 7) is 1.06. The summed E-state index contributed by atoms with van der Waals surface area (Å²) in [7, 11) is 11.2. The minimum absolute atomic E-state index is 0.200. The first-order valence-electron chi connectivity index (χ1n) is 3.24. The van der Waals surface area contributed by atoms with E-state index < -0.39 is 12.3 Å². The van der Waals surface area contributed by atoms with Gasteiger partial charge in [-0.1, -0.05) is 0 Å². The van der Waals surface area contributed by atoms with Crippen molar-refractivity contribution >= 4 is 55.6 Å². The molecule has 1 atom stereocenters. The van der Waals surface area contributed by atoms with Crippen molar-refractivity contribution in [2.45, 2.75) is 10.7 Å². The van der Waals surface area contributed by atoms with E-state index in [1.807, 2.05) is 0 Å². The fourth-order valence-corrected chi connectivity index (χ4v) is 1.34. The fraction of sp³-hybridized carbons (Fsp3) is 1.00. The molecule has 0 amide bonds. The van der Waals surface area contributed by atoms with Crippen LogP contribution in [-0.4, -0.2) is 35.6 Å². The van der Waals surface area contributed by atoms with E-state index in [1.54, 1.807) is 0 Å². The van der Waals surface area contributed by atoms with E-state index in [0.717, 1.165) is 6.42 Å². The molecular formula is C5H9AlCl4O. The van der Waals surface area contributed by atoms with Gasteiger partial charge in [0.15, 0.2) is 0 Å². The number of alkyl halides is 2. The topological polar surface area (TPSA) is 9.23 Å². The second-order valence-corrected chi connectivity index (χ2v) is 8.29. The van der Waals surface area contributed by atoms with Gasteiger partial charge in [-0.25, -0.2) is 20.1 Å². The third-order valence-corrected chi connectivity index (χ3v) is 5.46. The maximum Gasteiger partial charge on any atom is 0.539 e. The molecule has 66 valence electrons. The molecule has 0 aliphatic carbocycles. The van der Waals surface area contributed by atoms with E-state index in [9.17, 15) is 0 Å². The van der Waals surface area contributed by atoms with E-state index >= 15 is 0 Å². The summed E-state index contributed by atoms with van der Waals surface area (Å²) in [5.74, 6) is 0.607. The van der Waals surface area contributed by atoms with Crippen LogP contribution in [0.15, 0.2) is 0 Å². The molecule has 0 spiro atoms. The molecule has 0 aromatic rings. The van der Waals surface area contributed by atoms with Gasteiger partial charge < -0.3 is 4.74 Å². The Kier molecular flexibility index (Phi) is 9.50. The Morgan fingerprint density at radius 2 is 2.00 bits per heavy atom. The summed E-state index contributed by atoms with van der Waals surface area (Å²) in [6, 6.07) is 0. The summed E-state index contributed by atoms with van der Waals surface area (Å²) < 4.78 is 4.95. The van der Waals surface area contributed by atoms with E-state index in [1.165, 1.54) is 0 Å². The highest BCUT2D eigenvalue weighted by atomic mass is 35.7. The lowest BCUT2D eigenvalue weighted by molar-refractivity contribution is 0.145. The van der Waals surface area contributed by atoms with Crippen molar-refractivity contribution in [1.29, 1.82) is 0 Å². The molecule has 0 saturated heterocycles. The largest absolute Gasteiger partial charge is 0.539 e. The Bertz CT molecular complexity index is 92.6. The van der Waals surface area contributed by atoms with Crippen LogP contribution in [0.1, 0.15) is 6.42 Å². The molecule has 0 bridgehead atoms. The van der Waals surface area contributed by atoms with Crippen molar-refractivity contribution in [3.8, 4) is 0 Å². The van der Waals surface area contributed by atoms with Crippen LogP contribution in [0.2, 0.25) is 0 Å². The first-order chi connectivity index (χ1) is 5.18. The standard InChI is InChI=1S/C5H9Cl2O.Al.2ClH/c6-2-1-4-8-5-3-7;;;/h3H,1-2,4-5H2;;2*1H/q;+2;;/p-2. The van der Waals surface area contributed by atoms with Gasteiger partial charge in [0.2, 0.25) is 0 Å². The lowest BCUT2D eigenvalue weighted by Crippen LogP contribution is -2.20. The summed E-state index contributed by atoms with van der Waals surface area (Å²) in [5.41, 5.74) is 0. The highest BCUT2D eigenvalue weighted by molar-refractivity contribution is 7.36. The zero-order valence-electron chi connectivity index (χ0n) is 5.90. The van der Waals surface area contributed by atoms with Gasteiger partial charge >= 0.3 is 12.3 Å². The molecule has 0 aliphatic heterocycles. The van der Waals surface area contributed by atoms with Crippen LogP contribution >= 0.6 is 43.3 Å². The Hall–Kier alpha value is 1.65. The molecule has 0 aromatic heterocycles. The third-order valence-electron chi connectivity index (χ3n) is 0.973. The lowest BCUT2D eigenvalue weighted by Gasteiger charge is -2.06. The Morgan fingerprint density at radius 1 is 1.36 bits per heavy atom. The zero-order valence-corrected chi connectivity index (χ0v) is 10.1. The monoisotopic (exact) mass is 252 g/mol. The number of hydrogen-bond donors (Lipinski definition) is 0. The average molecular weight is 254 g/mol. The maximum absolute atomic E-state index is 5.73. The van der Waals surface area contributed by atoms with Crippen LogP contribution in [0.3, 0.4) is 0 Å². The summed E-state index contributed by atoms with van der Waals surface area (Å²) in [4.78, 5) is 0. The smallest absolute Gasteiger partial charge is 0.381 e. The molecule has 0 radical (unpaired) electrons. The van der Waals surface area contributed by atoms with Crippen molar-refractivity contribution in [2.24, 2.45) is 0 Å². The van der Waals surface area contributed by atoms with Crippen LogP contribution in [0.5, 0.6) is 0 Å². The minimum atomic E-state index is -1.76. The van der Waals surface area contributed by atoms with Gasteiger partial charge in [-0.15, -0.1) is 23.2 Å². The fourth-order valence-electron chi connectivity index (χ4n) is 0.425. The van der Waals surface area contributed by atoms with E-state index in [4.69, 9.17) is 48.0 Å². The van der Waals surface area contributed by atoms with Crippen molar-refractivity contribution in [2.75, 3.05) is 19.1 Å². The number of ether oxygens (including phenoxy) is 1. The number of rotatable bonds is 6. The van der Waals surface area contributed by atoms with Gasteiger partial charge in [-0.2, -0.15) is 0 Å². The number of hydrogen-bond acceptors (Lipinski definition) is 1. The van der Waals surface area contributed by atoms with Crippen molar-refractivity contribution < 1.29 is 4.74 Å². The summed E-state index contributed by atoms with van der Waals surface area (Å²) in [5, 5.41) is 0. The predicted octanol–water partition coefficient (Wildman–Crippen LogP) is 2.74. The summed E-state index contributed by atoms with van der Waals surface area (Å²) in [6.07, 6.45) is 0.835. The predicted molar refractivity (Wildman–Crippen MR) is 53.3 cm³/mol. The molecule has 1 nitrogen and oxygen atoms in total. The van der Waals surface area contributed by atoms with Crippen LogP contribution in [0.25, 0.3) is 0 Å². The van der Waals surface area contributed by atoms with Gasteiger partial charge in [0.05, 0.1) is 6.61 Å². The second-order valence-electron chi connectivity index (χ2n) is 1.97. The van der Waals surface area contributed by atoms with Crippen LogP contribution in [0, 0.1) is 0 Å². The van der Waals surface area contributed by atoms with Crippen molar-refractivity contribution in [3.05, 3.63) is 0 Å². The molecule has 11 heavy (non-hydrogen) atoms. The molecule has 0 saturated carbocycles. The average Bonchev–Trinajstić information content (AvgIpc) is 1.97. The second kappa shape index (κ2) is 8.26. The van der Waals surface area contributed by atoms with E-state index in [2.05, 4.69) is 0 Å². The SMILES string of the molecule is ClCCCOC[CH](Cl)[Al]([Cl])[Cl]. The van der Waals surface area contributed by atoms with Crippen LogP contribution in [0.4, 0.5) is 0 Å². The normalized spacial score (nSPS) is 13.1. The first kappa shape index (κ1) is 12.7. The quantitative estimate of drug-likeness (QED) is 0.402. The number of halogens is 4. The molecule has 0 fully saturated rings. The van der Waals surface area contributed by atoms with Crippen molar-refractivity contribution in [1.82, 2.24) is 0 Å². The molecule has 0 N–H and O–H groups in total. The van der Waals surface area contributed by atoms with Crippen molar-refractivity contribution in [3.63, 3.8) is 0 Å². The van der Waals surface area contributed by atoms with E-state index in [0.29, 0.717) is 19.1 Å². The van der Waals surface area contributed by atoms with E-state index in [-0.39, 0.29) is 4.24 Å². The molecule has 1 unspecified atom stereocenters. The third kappa shape index (κ3) is 8.00. The first-order valence-corrected chi connectivity index (χ1v) is 8.37. The summed E-state index contributed by atoms with van der Waals surface area (Å²) >= 11 is 9.39. The van der Waals surface area contributed by atoms with Gasteiger partial charge in [0.1, 0.15) is 0 Å². The molecule has 0 heterocycles. The highest BCUT2D eigenvalue weighted by Gasteiger charge is 2.23. The molecule has 0 aromatic carbocycles. The molecule has 0 rings (SSSR count). The van der Waals surface area contributed by atoms with Crippen LogP contribution in [-0.2, 0) is 4.74 Å². The van der Waals surface area contributed by atoms with Gasteiger partial charge in [0.25, 0.3) is 0 Å². The van der Waals surface area contributed by atoms with Gasteiger partial charge in [0, 0.05) is 16.7 Å². The van der Waals surface area contributed by atoms with Gasteiger partial charge in [-0.3, -0.25) is 0 Å². The highest BCUT2D eigenvalue weighted by Crippen LogP contribution is 2.09. The lowest BCUT2D eigenvalue weighted by atomic mass is 10.5. The van der Waals surface area contributed by atoms with Crippen LogP contribution < -0.4 is 0 Å². The molecule has 0 aliphatic rings. The molecular weight excluding hydrogens is 245 g/mol. The Balaban J connectivity index is 3.10. The molecule has 6 heteroatoms. The Morgan fingerprint density at radius 3 is 2.45 bits per heavy atom. The minimum Gasteiger partial charge on any atom is -0.381 e.